The number of ether oxygens (including phenoxy) is 1. The lowest BCUT2D eigenvalue weighted by Crippen LogP contribution is -2.22. The Kier molecular flexibility index (Phi) is 5.30. The summed E-state index contributed by atoms with van der Waals surface area (Å²) in [5, 5.41) is 3.26. The van der Waals surface area contributed by atoms with Crippen LogP contribution in [0.3, 0.4) is 0 Å². The number of aliphatic imine (C=N–C) groups is 1. The molecule has 0 fully saturated rings. The van der Waals surface area contributed by atoms with E-state index in [4.69, 9.17) is 9.72 Å². The maximum absolute atomic E-state index is 13.2. The Labute approximate surface area is 174 Å². The molecule has 0 spiro atoms. The van der Waals surface area contributed by atoms with Gasteiger partial charge in [0.1, 0.15) is 22.8 Å². The van der Waals surface area contributed by atoms with Gasteiger partial charge in [-0.1, -0.05) is 23.8 Å². The molecule has 4 rings (SSSR count). The first-order valence-electron chi connectivity index (χ1n) is 9.59. The molecule has 0 unspecified atom stereocenters. The number of hydrogen-bond donors (Lipinski definition) is 1. The molecule has 0 aliphatic heterocycles. The van der Waals surface area contributed by atoms with E-state index in [9.17, 15) is 4.79 Å². The molecule has 0 aliphatic carbocycles. The van der Waals surface area contributed by atoms with Crippen molar-refractivity contribution < 1.29 is 4.74 Å². The summed E-state index contributed by atoms with van der Waals surface area (Å²) in [5.74, 6) is 1.21. The van der Waals surface area contributed by atoms with Gasteiger partial charge in [0.05, 0.1) is 12.8 Å². The second kappa shape index (κ2) is 8.21. The van der Waals surface area contributed by atoms with Gasteiger partial charge in [0.25, 0.3) is 5.56 Å². The summed E-state index contributed by atoms with van der Waals surface area (Å²) in [4.78, 5) is 22.5. The van der Waals surface area contributed by atoms with E-state index >= 15 is 0 Å². The first kappa shape index (κ1) is 19.4. The number of nitrogens with one attached hydrogen (secondary N) is 1. The Morgan fingerprint density at radius 2 is 1.77 bits per heavy atom. The number of hydrogen-bond acceptors (Lipinski definition) is 5. The normalized spacial score (nSPS) is 11.2. The molecule has 0 saturated heterocycles. The van der Waals surface area contributed by atoms with Crippen LogP contribution < -0.4 is 15.6 Å². The van der Waals surface area contributed by atoms with Crippen molar-refractivity contribution in [1.29, 1.82) is 0 Å². The van der Waals surface area contributed by atoms with Crippen LogP contribution >= 0.6 is 0 Å². The van der Waals surface area contributed by atoms with E-state index in [0.29, 0.717) is 17.0 Å². The van der Waals surface area contributed by atoms with Crippen molar-refractivity contribution in [2.24, 2.45) is 4.99 Å². The summed E-state index contributed by atoms with van der Waals surface area (Å²) in [5.41, 5.74) is 4.43. The Bertz CT molecular complexity index is 1270. The number of rotatable bonds is 5. The van der Waals surface area contributed by atoms with E-state index in [1.54, 1.807) is 23.9 Å². The molecule has 2 aromatic carbocycles. The monoisotopic (exact) mass is 398 g/mol. The smallest absolute Gasteiger partial charge is 0.268 e. The lowest BCUT2D eigenvalue weighted by molar-refractivity contribution is 0.415. The van der Waals surface area contributed by atoms with Gasteiger partial charge in [-0.05, 0) is 61.9 Å². The average molecular weight is 398 g/mol. The van der Waals surface area contributed by atoms with Crippen LogP contribution in [0, 0.1) is 13.8 Å². The van der Waals surface area contributed by atoms with Crippen molar-refractivity contribution in [3.8, 4) is 5.75 Å². The summed E-state index contributed by atoms with van der Waals surface area (Å²) < 4.78 is 6.76. The molecule has 150 valence electrons. The predicted octanol–water partition coefficient (Wildman–Crippen LogP) is 4.81. The number of methoxy groups -OCH3 is 1. The van der Waals surface area contributed by atoms with Crippen molar-refractivity contribution in [2.75, 3.05) is 12.4 Å². The van der Waals surface area contributed by atoms with Crippen LogP contribution in [0.15, 0.2) is 76.6 Å². The minimum Gasteiger partial charge on any atom is -0.497 e. The topological polar surface area (TPSA) is 68.0 Å². The van der Waals surface area contributed by atoms with Crippen LogP contribution in [0.1, 0.15) is 16.7 Å². The second-order valence-corrected chi connectivity index (χ2v) is 7.01. The third-order valence-corrected chi connectivity index (χ3v) is 4.81. The van der Waals surface area contributed by atoms with Crippen molar-refractivity contribution in [3.05, 3.63) is 93.9 Å². The number of aryl methyl sites for hydroxylation is 2. The minimum atomic E-state index is -0.185. The van der Waals surface area contributed by atoms with Crippen LogP contribution in [0.5, 0.6) is 5.75 Å². The van der Waals surface area contributed by atoms with Gasteiger partial charge in [-0.2, -0.15) is 0 Å². The number of fused-ring (bicyclic) bond motifs is 1. The molecule has 6 heteroatoms. The first-order chi connectivity index (χ1) is 14.5. The number of anilines is 2. The zero-order valence-corrected chi connectivity index (χ0v) is 17.1. The zero-order valence-electron chi connectivity index (χ0n) is 17.1. The molecule has 4 aromatic rings. The molecule has 0 aliphatic rings. The third-order valence-electron chi connectivity index (χ3n) is 4.81. The van der Waals surface area contributed by atoms with Gasteiger partial charge in [0.15, 0.2) is 0 Å². The van der Waals surface area contributed by atoms with Gasteiger partial charge in [-0.15, -0.1) is 0 Å². The lowest BCUT2D eigenvalue weighted by Gasteiger charge is -2.12. The predicted molar refractivity (Wildman–Crippen MR) is 121 cm³/mol. The molecule has 1 N–H and O–H groups in total. The van der Waals surface area contributed by atoms with Crippen molar-refractivity contribution in [3.63, 3.8) is 0 Å². The molecular weight excluding hydrogens is 376 g/mol. The van der Waals surface area contributed by atoms with E-state index in [0.717, 1.165) is 28.3 Å². The Morgan fingerprint density at radius 1 is 1.03 bits per heavy atom. The van der Waals surface area contributed by atoms with E-state index in [-0.39, 0.29) is 5.56 Å². The van der Waals surface area contributed by atoms with Crippen LogP contribution in [-0.4, -0.2) is 22.7 Å². The highest BCUT2D eigenvalue weighted by atomic mass is 16.5. The summed E-state index contributed by atoms with van der Waals surface area (Å²) in [7, 11) is 1.62. The number of benzene rings is 2. The van der Waals surface area contributed by atoms with Gasteiger partial charge in [0, 0.05) is 18.1 Å². The van der Waals surface area contributed by atoms with E-state index in [2.05, 4.69) is 10.3 Å². The largest absolute Gasteiger partial charge is 0.497 e. The Balaban J connectivity index is 1.82. The maximum atomic E-state index is 13.2. The minimum absolute atomic E-state index is 0.185. The fourth-order valence-corrected chi connectivity index (χ4v) is 3.10. The van der Waals surface area contributed by atoms with E-state index in [1.165, 1.54) is 0 Å². The number of pyridine rings is 1. The Morgan fingerprint density at radius 3 is 2.47 bits per heavy atom. The summed E-state index contributed by atoms with van der Waals surface area (Å²) in [6.45, 7) is 3.95. The molecule has 0 bridgehead atoms. The highest BCUT2D eigenvalue weighted by Gasteiger charge is 2.13. The first-order valence-corrected chi connectivity index (χ1v) is 9.59. The van der Waals surface area contributed by atoms with Gasteiger partial charge >= 0.3 is 0 Å². The van der Waals surface area contributed by atoms with Gasteiger partial charge in [0.2, 0.25) is 0 Å². The van der Waals surface area contributed by atoms with Crippen molar-refractivity contribution >= 4 is 29.1 Å². The molecular formula is C24H22N4O2. The standard InChI is InChI=1S/C24H22N4O2/c1-16-6-8-18(9-7-16)25-15-21-22(26-19-10-12-20(30-3)13-11-19)27-23-17(2)5-4-14-28(23)24(21)29/h4-15,26H,1-3H3. The van der Waals surface area contributed by atoms with Crippen molar-refractivity contribution in [2.45, 2.75) is 13.8 Å². The Hall–Kier alpha value is -3.93. The summed E-state index contributed by atoms with van der Waals surface area (Å²) in [6.07, 6.45) is 3.29. The van der Waals surface area contributed by atoms with Crippen LogP contribution in [-0.2, 0) is 0 Å². The molecule has 30 heavy (non-hydrogen) atoms. The van der Waals surface area contributed by atoms with Gasteiger partial charge < -0.3 is 10.1 Å². The third kappa shape index (κ3) is 3.93. The molecule has 0 radical (unpaired) electrons. The van der Waals surface area contributed by atoms with E-state index < -0.39 is 0 Å². The van der Waals surface area contributed by atoms with Gasteiger partial charge in [-0.25, -0.2) is 4.98 Å². The molecule has 2 aromatic heterocycles. The molecule has 0 atom stereocenters. The fourth-order valence-electron chi connectivity index (χ4n) is 3.10. The lowest BCUT2D eigenvalue weighted by atomic mass is 10.2. The highest BCUT2D eigenvalue weighted by molar-refractivity contribution is 5.89. The molecule has 0 amide bonds. The van der Waals surface area contributed by atoms with Crippen LogP contribution in [0.4, 0.5) is 17.2 Å². The van der Waals surface area contributed by atoms with E-state index in [1.807, 2.05) is 74.5 Å². The SMILES string of the molecule is COc1ccc(Nc2nc3c(C)cccn3c(=O)c2C=Nc2ccc(C)cc2)cc1. The number of aromatic nitrogens is 2. The zero-order chi connectivity index (χ0) is 21.1. The number of nitrogens with zero attached hydrogens (tertiary/aromatic N) is 3. The quantitative estimate of drug-likeness (QED) is 0.490. The summed E-state index contributed by atoms with van der Waals surface area (Å²) in [6, 6.07) is 19.0. The van der Waals surface area contributed by atoms with Crippen molar-refractivity contribution in [1.82, 2.24) is 9.38 Å². The maximum Gasteiger partial charge on any atom is 0.268 e. The average Bonchev–Trinajstić information content (AvgIpc) is 2.76. The molecule has 6 nitrogen and oxygen atoms in total. The van der Waals surface area contributed by atoms with Gasteiger partial charge in [-0.3, -0.25) is 14.2 Å². The van der Waals surface area contributed by atoms with Crippen LogP contribution in [0.25, 0.3) is 5.65 Å². The summed E-state index contributed by atoms with van der Waals surface area (Å²) >= 11 is 0. The molecule has 0 saturated carbocycles. The fraction of sp³-hybridized carbons (Fsp3) is 0.125. The second-order valence-electron chi connectivity index (χ2n) is 7.01. The van der Waals surface area contributed by atoms with Crippen LogP contribution in [0.2, 0.25) is 0 Å². The highest BCUT2D eigenvalue weighted by Crippen LogP contribution is 2.21. The molecule has 2 heterocycles.